The van der Waals surface area contributed by atoms with Crippen LogP contribution in [0.5, 0.6) is 0 Å². The van der Waals surface area contributed by atoms with Gasteiger partial charge in [0.05, 0.1) is 27.4 Å². The van der Waals surface area contributed by atoms with Gasteiger partial charge in [-0.2, -0.15) is 0 Å². The highest BCUT2D eigenvalue weighted by molar-refractivity contribution is 7.86. The smallest absolute Gasteiger partial charge is 0.196 e. The fourth-order valence-corrected chi connectivity index (χ4v) is 4.23. The lowest BCUT2D eigenvalue weighted by Gasteiger charge is -2.25. The molecule has 0 amide bonds. The van der Waals surface area contributed by atoms with Gasteiger partial charge < -0.3 is 15.6 Å². The largest absolute Gasteiger partial charge is 0.744 e. The second-order valence-electron chi connectivity index (χ2n) is 6.83. The number of nitrogens with two attached hydrogens (primary N) is 1. The molecule has 0 bridgehead atoms. The standard InChI is InChI=1S/C21H15ClN2O5S/c1-10-8-11(6-7-14(10)22)24-15-9-16(30(27,28)29)19(23)18-17(15)20(25)12-4-2-3-5-13(12)21(18)26/h2-9,24H,23H2,1H3,(H,27,28,29)/p-1. The zero-order valence-electron chi connectivity index (χ0n) is 15.5. The minimum atomic E-state index is -5.01. The lowest BCUT2D eigenvalue weighted by atomic mass is 9.82. The molecule has 3 N–H and O–H groups in total. The molecular formula is C21H14ClN2O5S-. The lowest BCUT2D eigenvalue weighted by molar-refractivity contribution is 0.0980. The maximum atomic E-state index is 13.2. The molecule has 0 heterocycles. The Balaban J connectivity index is 2.02. The van der Waals surface area contributed by atoms with Gasteiger partial charge in [0.2, 0.25) is 0 Å². The summed E-state index contributed by atoms with van der Waals surface area (Å²) >= 11 is 6.04. The van der Waals surface area contributed by atoms with Gasteiger partial charge in [0.1, 0.15) is 10.1 Å². The van der Waals surface area contributed by atoms with Crippen LogP contribution in [0.15, 0.2) is 53.4 Å². The predicted molar refractivity (Wildman–Crippen MR) is 112 cm³/mol. The molecular weight excluding hydrogens is 428 g/mol. The fraction of sp³-hybridized carbons (Fsp3) is 0.0476. The molecule has 7 nitrogen and oxygen atoms in total. The van der Waals surface area contributed by atoms with Crippen LogP contribution >= 0.6 is 11.6 Å². The molecule has 0 aromatic heterocycles. The molecule has 0 unspecified atom stereocenters. The van der Waals surface area contributed by atoms with Crippen LogP contribution in [0.2, 0.25) is 5.02 Å². The van der Waals surface area contributed by atoms with Crippen LogP contribution in [0.3, 0.4) is 0 Å². The van der Waals surface area contributed by atoms with Crippen LogP contribution in [0.25, 0.3) is 0 Å². The summed E-state index contributed by atoms with van der Waals surface area (Å²) in [4.78, 5) is 25.5. The van der Waals surface area contributed by atoms with Crippen LogP contribution in [-0.2, 0) is 10.1 Å². The monoisotopic (exact) mass is 441 g/mol. The Morgan fingerprint density at radius 2 is 1.57 bits per heavy atom. The molecule has 0 saturated heterocycles. The molecule has 3 aromatic carbocycles. The Bertz CT molecular complexity index is 1370. The first-order valence-electron chi connectivity index (χ1n) is 8.73. The van der Waals surface area contributed by atoms with Gasteiger partial charge in [0.15, 0.2) is 11.6 Å². The van der Waals surface area contributed by atoms with E-state index in [0.717, 1.165) is 11.6 Å². The van der Waals surface area contributed by atoms with Crippen molar-refractivity contribution >= 4 is 50.3 Å². The van der Waals surface area contributed by atoms with Crippen molar-refractivity contribution in [3.8, 4) is 0 Å². The second-order valence-corrected chi connectivity index (χ2v) is 8.59. The number of benzene rings is 3. The van der Waals surface area contributed by atoms with E-state index in [0.29, 0.717) is 10.7 Å². The van der Waals surface area contributed by atoms with Crippen molar-refractivity contribution in [2.45, 2.75) is 11.8 Å². The number of fused-ring (bicyclic) bond motifs is 2. The Morgan fingerprint density at radius 1 is 0.967 bits per heavy atom. The zero-order chi connectivity index (χ0) is 21.8. The molecule has 0 fully saturated rings. The number of hydrogen-bond donors (Lipinski definition) is 2. The number of ketones is 2. The number of nitrogens with one attached hydrogen (secondary N) is 1. The van der Waals surface area contributed by atoms with Gasteiger partial charge in [-0.1, -0.05) is 35.9 Å². The Morgan fingerprint density at radius 3 is 2.13 bits per heavy atom. The van der Waals surface area contributed by atoms with Gasteiger partial charge in [0.25, 0.3) is 0 Å². The van der Waals surface area contributed by atoms with E-state index in [1.54, 1.807) is 37.3 Å². The van der Waals surface area contributed by atoms with E-state index in [4.69, 9.17) is 17.3 Å². The van der Waals surface area contributed by atoms with Crippen molar-refractivity contribution in [3.05, 3.63) is 81.4 Å². The van der Waals surface area contributed by atoms with Crippen LogP contribution in [0, 0.1) is 6.92 Å². The third kappa shape index (κ3) is 3.15. The quantitative estimate of drug-likeness (QED) is 0.366. The van der Waals surface area contributed by atoms with Crippen LogP contribution in [0.1, 0.15) is 37.4 Å². The highest BCUT2D eigenvalue weighted by Crippen LogP contribution is 2.40. The third-order valence-corrected chi connectivity index (χ3v) is 6.21. The van der Waals surface area contributed by atoms with Crippen molar-refractivity contribution in [1.82, 2.24) is 0 Å². The number of nitrogen functional groups attached to an aromatic ring is 1. The van der Waals surface area contributed by atoms with Crippen molar-refractivity contribution in [1.29, 1.82) is 0 Å². The molecule has 0 aliphatic heterocycles. The predicted octanol–water partition coefficient (Wildman–Crippen LogP) is 3.65. The molecule has 1 aliphatic rings. The maximum absolute atomic E-state index is 13.2. The molecule has 3 aromatic rings. The topological polar surface area (TPSA) is 129 Å². The molecule has 0 saturated carbocycles. The first-order valence-corrected chi connectivity index (χ1v) is 10.5. The van der Waals surface area contributed by atoms with E-state index in [-0.39, 0.29) is 27.9 Å². The first-order chi connectivity index (χ1) is 14.1. The summed E-state index contributed by atoms with van der Waals surface area (Å²) in [7, 11) is -5.01. The average molecular weight is 442 g/mol. The van der Waals surface area contributed by atoms with Gasteiger partial charge in [0, 0.05) is 21.8 Å². The van der Waals surface area contributed by atoms with Crippen LogP contribution in [0.4, 0.5) is 17.1 Å². The van der Waals surface area contributed by atoms with Crippen LogP contribution in [-0.4, -0.2) is 24.5 Å². The normalized spacial score (nSPS) is 13.0. The summed E-state index contributed by atoms with van der Waals surface area (Å²) in [5.74, 6) is -1.13. The maximum Gasteiger partial charge on any atom is 0.196 e. The Kier molecular flexibility index (Phi) is 4.65. The summed E-state index contributed by atoms with van der Waals surface area (Å²) in [6, 6.07) is 12.1. The highest BCUT2D eigenvalue weighted by atomic mass is 35.5. The number of hydrogen-bond acceptors (Lipinski definition) is 7. The minimum Gasteiger partial charge on any atom is -0.744 e. The van der Waals surface area contributed by atoms with E-state index in [1.165, 1.54) is 12.1 Å². The molecule has 0 atom stereocenters. The van der Waals surface area contributed by atoms with Gasteiger partial charge in [-0.05, 0) is 36.8 Å². The lowest BCUT2D eigenvalue weighted by Crippen LogP contribution is -2.25. The van der Waals surface area contributed by atoms with Crippen molar-refractivity contribution in [3.63, 3.8) is 0 Å². The molecule has 4 rings (SSSR count). The Hall–Kier alpha value is -3.20. The summed E-state index contributed by atoms with van der Waals surface area (Å²) in [5, 5.41) is 3.45. The van der Waals surface area contributed by atoms with Gasteiger partial charge >= 0.3 is 0 Å². The van der Waals surface area contributed by atoms with Gasteiger partial charge in [-0.25, -0.2) is 8.42 Å². The number of carbonyl (C=O) groups is 2. The summed E-state index contributed by atoms with van der Waals surface area (Å²) in [5.41, 5.74) is 6.45. The highest BCUT2D eigenvalue weighted by Gasteiger charge is 2.35. The SMILES string of the molecule is Cc1cc(Nc2cc(S(=O)(=O)[O-])c(N)c3c2C(=O)c2ccccc2C3=O)ccc1Cl. The van der Waals surface area contributed by atoms with Gasteiger partial charge in [-0.15, -0.1) is 0 Å². The molecule has 152 valence electrons. The Labute approximate surface area is 177 Å². The first kappa shape index (κ1) is 20.1. The average Bonchev–Trinajstić information content (AvgIpc) is 2.69. The second kappa shape index (κ2) is 6.94. The van der Waals surface area contributed by atoms with Crippen molar-refractivity contribution in [2.75, 3.05) is 11.1 Å². The zero-order valence-corrected chi connectivity index (χ0v) is 17.1. The van der Waals surface area contributed by atoms with Crippen molar-refractivity contribution in [2.24, 2.45) is 0 Å². The van der Waals surface area contributed by atoms with Gasteiger partial charge in [-0.3, -0.25) is 9.59 Å². The molecule has 30 heavy (non-hydrogen) atoms. The number of carbonyl (C=O) groups excluding carboxylic acids is 2. The summed E-state index contributed by atoms with van der Waals surface area (Å²) < 4.78 is 35.4. The molecule has 0 radical (unpaired) electrons. The number of anilines is 3. The molecule has 0 spiro atoms. The van der Waals surface area contributed by atoms with E-state index in [9.17, 15) is 22.6 Å². The molecule has 9 heteroatoms. The summed E-state index contributed by atoms with van der Waals surface area (Å²) in [6.07, 6.45) is 0. The van der Waals surface area contributed by atoms with Crippen LogP contribution < -0.4 is 11.1 Å². The molecule has 1 aliphatic carbocycles. The minimum absolute atomic E-state index is 0.0109. The number of aryl methyl sites for hydroxylation is 1. The van der Waals surface area contributed by atoms with E-state index in [1.807, 2.05) is 0 Å². The number of halogens is 1. The third-order valence-electron chi connectivity index (χ3n) is 4.91. The summed E-state index contributed by atoms with van der Waals surface area (Å²) in [6.45, 7) is 1.77. The number of rotatable bonds is 3. The van der Waals surface area contributed by atoms with E-state index < -0.39 is 32.3 Å². The van der Waals surface area contributed by atoms with E-state index >= 15 is 0 Å². The fourth-order valence-electron chi connectivity index (χ4n) is 3.48. The van der Waals surface area contributed by atoms with Crippen molar-refractivity contribution < 1.29 is 22.6 Å². The van der Waals surface area contributed by atoms with E-state index in [2.05, 4.69) is 5.32 Å².